The Labute approximate surface area is 118 Å². The Morgan fingerprint density at radius 3 is 2.60 bits per heavy atom. The monoisotopic (exact) mass is 263 g/mol. The first-order valence-electron chi connectivity index (χ1n) is 6.76. The maximum absolute atomic E-state index is 4.30. The number of benzene rings is 1. The van der Waals surface area contributed by atoms with Gasteiger partial charge in [0, 0.05) is 43.3 Å². The molecule has 0 saturated heterocycles. The largest absolute Gasteiger partial charge is 0.308 e. The number of fused-ring (bicyclic) bond motifs is 1. The maximum atomic E-state index is 4.30. The molecule has 3 rings (SSSR count). The molecule has 0 aliphatic carbocycles. The Morgan fingerprint density at radius 2 is 1.70 bits per heavy atom. The second-order valence-corrected chi connectivity index (χ2v) is 4.93. The molecule has 0 saturated carbocycles. The number of aromatic nitrogens is 2. The highest BCUT2D eigenvalue weighted by Gasteiger charge is 2.02. The molecule has 3 nitrogen and oxygen atoms in total. The second kappa shape index (κ2) is 5.80. The average Bonchev–Trinajstić information content (AvgIpc) is 2.49. The zero-order valence-electron chi connectivity index (χ0n) is 11.5. The topological polar surface area (TPSA) is 37.8 Å². The minimum Gasteiger partial charge on any atom is -0.308 e. The summed E-state index contributed by atoms with van der Waals surface area (Å²) in [5.74, 6) is 0. The van der Waals surface area contributed by atoms with Gasteiger partial charge in [-0.25, -0.2) is 0 Å². The van der Waals surface area contributed by atoms with E-state index in [0.717, 1.165) is 13.1 Å². The van der Waals surface area contributed by atoms with Gasteiger partial charge in [0.05, 0.1) is 0 Å². The van der Waals surface area contributed by atoms with E-state index in [1.54, 1.807) is 0 Å². The quantitative estimate of drug-likeness (QED) is 0.785. The molecule has 0 fully saturated rings. The van der Waals surface area contributed by atoms with Crippen LogP contribution in [0.3, 0.4) is 0 Å². The van der Waals surface area contributed by atoms with Crippen LogP contribution in [0, 0.1) is 6.92 Å². The minimum atomic E-state index is 0.808. The number of rotatable bonds is 4. The van der Waals surface area contributed by atoms with E-state index in [1.165, 1.54) is 27.5 Å². The third-order valence-corrected chi connectivity index (χ3v) is 3.53. The van der Waals surface area contributed by atoms with Gasteiger partial charge in [-0.3, -0.25) is 9.97 Å². The highest BCUT2D eigenvalue weighted by atomic mass is 14.9. The maximum Gasteiger partial charge on any atom is 0.0346 e. The summed E-state index contributed by atoms with van der Waals surface area (Å²) in [5.41, 5.74) is 3.73. The van der Waals surface area contributed by atoms with Gasteiger partial charge in [0.25, 0.3) is 0 Å². The highest BCUT2D eigenvalue weighted by molar-refractivity contribution is 5.84. The number of nitrogens with one attached hydrogen (secondary N) is 1. The van der Waals surface area contributed by atoms with Crippen molar-refractivity contribution in [2.24, 2.45) is 0 Å². The molecule has 0 bridgehead atoms. The third kappa shape index (κ3) is 2.68. The van der Waals surface area contributed by atoms with Crippen molar-refractivity contribution in [1.82, 2.24) is 15.3 Å². The van der Waals surface area contributed by atoms with Crippen LogP contribution in [-0.2, 0) is 13.1 Å². The molecule has 1 N–H and O–H groups in total. The standard InChI is InChI=1S/C17H17N3/c1-13-6-7-18-9-15(13)10-20-12-16-11-19-8-14-4-2-3-5-17(14)16/h2-9,11,20H,10,12H2,1H3. The van der Waals surface area contributed by atoms with E-state index >= 15 is 0 Å². The molecule has 0 aliphatic rings. The van der Waals surface area contributed by atoms with Crippen molar-refractivity contribution >= 4 is 10.8 Å². The van der Waals surface area contributed by atoms with Crippen LogP contribution in [0.4, 0.5) is 0 Å². The lowest BCUT2D eigenvalue weighted by molar-refractivity contribution is 0.690. The third-order valence-electron chi connectivity index (χ3n) is 3.53. The van der Waals surface area contributed by atoms with Crippen LogP contribution < -0.4 is 5.32 Å². The van der Waals surface area contributed by atoms with Crippen LogP contribution in [0.15, 0.2) is 55.1 Å². The van der Waals surface area contributed by atoms with Gasteiger partial charge >= 0.3 is 0 Å². The average molecular weight is 263 g/mol. The summed E-state index contributed by atoms with van der Waals surface area (Å²) < 4.78 is 0. The smallest absolute Gasteiger partial charge is 0.0346 e. The molecule has 20 heavy (non-hydrogen) atoms. The molecule has 100 valence electrons. The first-order valence-corrected chi connectivity index (χ1v) is 6.76. The van der Waals surface area contributed by atoms with Gasteiger partial charge in [0.1, 0.15) is 0 Å². The molecular formula is C17H17N3. The number of hydrogen-bond acceptors (Lipinski definition) is 3. The molecule has 0 aliphatic heterocycles. The summed E-state index contributed by atoms with van der Waals surface area (Å²) in [6.07, 6.45) is 7.59. The summed E-state index contributed by atoms with van der Waals surface area (Å²) in [7, 11) is 0. The van der Waals surface area contributed by atoms with E-state index < -0.39 is 0 Å². The first kappa shape index (κ1) is 12.8. The number of aryl methyl sites for hydroxylation is 1. The summed E-state index contributed by atoms with van der Waals surface area (Å²) in [6.45, 7) is 3.74. The van der Waals surface area contributed by atoms with Crippen molar-refractivity contribution < 1.29 is 0 Å². The van der Waals surface area contributed by atoms with Crippen LogP contribution in [0.1, 0.15) is 16.7 Å². The van der Waals surface area contributed by atoms with Gasteiger partial charge in [-0.1, -0.05) is 24.3 Å². The molecule has 2 aromatic heterocycles. The van der Waals surface area contributed by atoms with E-state index in [2.05, 4.69) is 40.4 Å². The number of pyridine rings is 2. The molecule has 0 unspecified atom stereocenters. The Balaban J connectivity index is 1.73. The van der Waals surface area contributed by atoms with Crippen LogP contribution in [0.2, 0.25) is 0 Å². The van der Waals surface area contributed by atoms with Gasteiger partial charge in [-0.15, -0.1) is 0 Å². The molecular weight excluding hydrogens is 246 g/mol. The molecule has 3 heteroatoms. The number of nitrogens with zero attached hydrogens (tertiary/aromatic N) is 2. The van der Waals surface area contributed by atoms with Crippen LogP contribution in [0.5, 0.6) is 0 Å². The predicted octanol–water partition coefficient (Wildman–Crippen LogP) is 3.23. The summed E-state index contributed by atoms with van der Waals surface area (Å²) in [4.78, 5) is 8.47. The molecule has 2 heterocycles. The fourth-order valence-corrected chi connectivity index (χ4v) is 2.33. The van der Waals surface area contributed by atoms with E-state index in [4.69, 9.17) is 0 Å². The molecule has 0 spiro atoms. The van der Waals surface area contributed by atoms with Crippen molar-refractivity contribution in [1.29, 1.82) is 0 Å². The van der Waals surface area contributed by atoms with Gasteiger partial charge in [-0.05, 0) is 35.1 Å². The molecule has 1 aromatic carbocycles. The molecule has 3 aromatic rings. The van der Waals surface area contributed by atoms with Gasteiger partial charge in [-0.2, -0.15) is 0 Å². The summed E-state index contributed by atoms with van der Waals surface area (Å²) >= 11 is 0. The minimum absolute atomic E-state index is 0.808. The summed E-state index contributed by atoms with van der Waals surface area (Å²) in [6, 6.07) is 10.4. The van der Waals surface area contributed by atoms with E-state index in [-0.39, 0.29) is 0 Å². The number of hydrogen-bond donors (Lipinski definition) is 1. The van der Waals surface area contributed by atoms with Gasteiger partial charge in [0.15, 0.2) is 0 Å². The van der Waals surface area contributed by atoms with Crippen LogP contribution >= 0.6 is 0 Å². The zero-order chi connectivity index (χ0) is 13.8. The molecule has 0 amide bonds. The fourth-order valence-electron chi connectivity index (χ4n) is 2.33. The molecule has 0 radical (unpaired) electrons. The van der Waals surface area contributed by atoms with E-state index in [1.807, 2.05) is 36.9 Å². The fraction of sp³-hybridized carbons (Fsp3) is 0.176. The first-order chi connectivity index (χ1) is 9.84. The Bertz CT molecular complexity index is 717. The predicted molar refractivity (Wildman–Crippen MR) is 81.3 cm³/mol. The highest BCUT2D eigenvalue weighted by Crippen LogP contribution is 2.16. The van der Waals surface area contributed by atoms with E-state index in [0.29, 0.717) is 0 Å². The Hall–Kier alpha value is -2.26. The van der Waals surface area contributed by atoms with Gasteiger partial charge in [0.2, 0.25) is 0 Å². The normalized spacial score (nSPS) is 10.8. The van der Waals surface area contributed by atoms with Crippen molar-refractivity contribution in [3.8, 4) is 0 Å². The van der Waals surface area contributed by atoms with Crippen molar-refractivity contribution in [3.05, 3.63) is 71.8 Å². The van der Waals surface area contributed by atoms with E-state index in [9.17, 15) is 0 Å². The Kier molecular flexibility index (Phi) is 3.70. The van der Waals surface area contributed by atoms with Crippen molar-refractivity contribution in [2.45, 2.75) is 20.0 Å². The van der Waals surface area contributed by atoms with Crippen LogP contribution in [0.25, 0.3) is 10.8 Å². The SMILES string of the molecule is Cc1ccncc1CNCc1cncc2ccccc12. The lowest BCUT2D eigenvalue weighted by Crippen LogP contribution is -2.14. The van der Waals surface area contributed by atoms with Crippen molar-refractivity contribution in [3.63, 3.8) is 0 Å². The van der Waals surface area contributed by atoms with Crippen LogP contribution in [-0.4, -0.2) is 9.97 Å². The van der Waals surface area contributed by atoms with Gasteiger partial charge < -0.3 is 5.32 Å². The molecule has 0 atom stereocenters. The lowest BCUT2D eigenvalue weighted by Gasteiger charge is -2.09. The second-order valence-electron chi connectivity index (χ2n) is 4.93. The van der Waals surface area contributed by atoms with Crippen molar-refractivity contribution in [2.75, 3.05) is 0 Å². The Morgan fingerprint density at radius 1 is 0.900 bits per heavy atom. The lowest BCUT2D eigenvalue weighted by atomic mass is 10.1. The zero-order valence-corrected chi connectivity index (χ0v) is 11.5. The summed E-state index contributed by atoms with van der Waals surface area (Å²) in [5, 5.41) is 5.92.